The lowest BCUT2D eigenvalue weighted by molar-refractivity contribution is 0.435. The highest BCUT2D eigenvalue weighted by Crippen LogP contribution is 2.18. The van der Waals surface area contributed by atoms with E-state index in [0.717, 1.165) is 5.56 Å². The minimum absolute atomic E-state index is 0.167. The number of hydrogen-bond donors (Lipinski definition) is 1. The fourth-order valence-electron chi connectivity index (χ4n) is 1.21. The van der Waals surface area contributed by atoms with Gasteiger partial charge < -0.3 is 5.73 Å². The lowest BCUT2D eigenvalue weighted by Gasteiger charge is -2.10. The fraction of sp³-hybridized carbons (Fsp3) is 0.400. The highest BCUT2D eigenvalue weighted by Gasteiger charge is 2.10. The van der Waals surface area contributed by atoms with Gasteiger partial charge in [-0.25, -0.2) is 4.39 Å². The molecule has 1 aromatic carbocycles. The second-order valence-electron chi connectivity index (χ2n) is 3.11. The average molecular weight is 185 g/mol. The summed E-state index contributed by atoms with van der Waals surface area (Å²) in [5, 5.41) is 0. The van der Waals surface area contributed by atoms with E-state index in [1.54, 1.807) is 19.1 Å². The van der Waals surface area contributed by atoms with E-state index < -0.39 is 12.7 Å². The van der Waals surface area contributed by atoms with E-state index in [9.17, 15) is 8.78 Å². The van der Waals surface area contributed by atoms with Crippen LogP contribution >= 0.6 is 0 Å². The van der Waals surface area contributed by atoms with E-state index in [2.05, 4.69) is 0 Å². The van der Waals surface area contributed by atoms with Gasteiger partial charge in [0.05, 0.1) is 6.67 Å². The monoisotopic (exact) mass is 185 g/mol. The average Bonchev–Trinajstić information content (AvgIpc) is 2.04. The molecule has 0 saturated heterocycles. The summed E-state index contributed by atoms with van der Waals surface area (Å²) in [4.78, 5) is 0. The van der Waals surface area contributed by atoms with Gasteiger partial charge in [-0.2, -0.15) is 0 Å². The smallest absolute Gasteiger partial charge is 0.128 e. The molecule has 0 amide bonds. The van der Waals surface area contributed by atoms with Crippen molar-refractivity contribution in [2.75, 3.05) is 6.67 Å². The van der Waals surface area contributed by atoms with Gasteiger partial charge in [-0.15, -0.1) is 0 Å². The predicted molar refractivity (Wildman–Crippen MR) is 48.7 cm³/mol. The molecular formula is C10H13F2N. The van der Waals surface area contributed by atoms with Crippen molar-refractivity contribution in [2.45, 2.75) is 19.4 Å². The Morgan fingerprint density at radius 3 is 2.69 bits per heavy atom. The lowest BCUT2D eigenvalue weighted by atomic mass is 10.0. The maximum atomic E-state index is 13.2. The Hall–Kier alpha value is -0.960. The first kappa shape index (κ1) is 10.1. The van der Waals surface area contributed by atoms with Crippen LogP contribution in [-0.2, 0) is 0 Å². The molecule has 0 unspecified atom stereocenters. The maximum absolute atomic E-state index is 13.2. The predicted octanol–water partition coefficient (Wildman–Crippen LogP) is 2.49. The van der Waals surface area contributed by atoms with Crippen LogP contribution in [0.1, 0.15) is 23.6 Å². The van der Waals surface area contributed by atoms with E-state index in [-0.39, 0.29) is 12.2 Å². The zero-order valence-corrected chi connectivity index (χ0v) is 7.56. The number of alkyl halides is 1. The first-order valence-corrected chi connectivity index (χ1v) is 4.22. The summed E-state index contributed by atoms with van der Waals surface area (Å²) in [6, 6.07) is 4.26. The first-order valence-electron chi connectivity index (χ1n) is 4.22. The molecule has 1 nitrogen and oxygen atoms in total. The number of halogens is 2. The third kappa shape index (κ3) is 2.49. The van der Waals surface area contributed by atoms with Gasteiger partial charge in [0.15, 0.2) is 0 Å². The third-order valence-corrected chi connectivity index (χ3v) is 1.98. The summed E-state index contributed by atoms with van der Waals surface area (Å²) in [6.07, 6.45) is 0.167. The summed E-state index contributed by atoms with van der Waals surface area (Å²) >= 11 is 0. The number of aryl methyl sites for hydroxylation is 1. The molecule has 0 bridgehead atoms. The molecule has 0 fully saturated rings. The highest BCUT2D eigenvalue weighted by atomic mass is 19.1. The van der Waals surface area contributed by atoms with E-state index in [1.165, 1.54) is 6.07 Å². The van der Waals surface area contributed by atoms with Crippen molar-refractivity contribution in [3.63, 3.8) is 0 Å². The molecule has 1 aromatic rings. The molecule has 0 spiro atoms. The quantitative estimate of drug-likeness (QED) is 0.769. The van der Waals surface area contributed by atoms with Gasteiger partial charge in [-0.05, 0) is 25.0 Å². The standard InChI is InChI=1S/C10H13F2N/c1-7-2-3-8(9(12)6-7)10(13)4-5-11/h2-3,6,10H,4-5,13H2,1H3/t10-/m1/s1. The lowest BCUT2D eigenvalue weighted by Crippen LogP contribution is -2.12. The van der Waals surface area contributed by atoms with E-state index in [4.69, 9.17) is 5.73 Å². The number of hydrogen-bond acceptors (Lipinski definition) is 1. The van der Waals surface area contributed by atoms with Crippen LogP contribution in [0, 0.1) is 12.7 Å². The number of benzene rings is 1. The second kappa shape index (κ2) is 4.33. The van der Waals surface area contributed by atoms with Crippen molar-refractivity contribution in [3.8, 4) is 0 Å². The fourth-order valence-corrected chi connectivity index (χ4v) is 1.21. The molecule has 2 N–H and O–H groups in total. The molecule has 0 aliphatic rings. The van der Waals surface area contributed by atoms with E-state index in [1.807, 2.05) is 0 Å². The molecule has 72 valence electrons. The Morgan fingerprint density at radius 2 is 2.15 bits per heavy atom. The van der Waals surface area contributed by atoms with Gasteiger partial charge in [0.2, 0.25) is 0 Å². The van der Waals surface area contributed by atoms with Crippen LogP contribution in [-0.4, -0.2) is 6.67 Å². The summed E-state index contributed by atoms with van der Waals surface area (Å²) in [5.41, 5.74) is 6.81. The van der Waals surface area contributed by atoms with Crippen molar-refractivity contribution < 1.29 is 8.78 Å². The number of nitrogens with two attached hydrogens (primary N) is 1. The Labute approximate surface area is 76.6 Å². The Bertz CT molecular complexity index is 286. The van der Waals surface area contributed by atoms with Crippen molar-refractivity contribution in [2.24, 2.45) is 5.73 Å². The molecule has 3 heteroatoms. The summed E-state index contributed by atoms with van der Waals surface area (Å²) in [7, 11) is 0. The minimum atomic E-state index is -0.536. The Kier molecular flexibility index (Phi) is 3.37. The van der Waals surface area contributed by atoms with Gasteiger partial charge in [-0.3, -0.25) is 4.39 Å². The molecular weight excluding hydrogens is 172 g/mol. The van der Waals surface area contributed by atoms with Crippen LogP contribution in [0.4, 0.5) is 8.78 Å². The summed E-state index contributed by atoms with van der Waals surface area (Å²) < 4.78 is 25.2. The van der Waals surface area contributed by atoms with Gasteiger partial charge in [0.1, 0.15) is 5.82 Å². The normalized spacial score (nSPS) is 12.9. The first-order chi connectivity index (χ1) is 6.15. The zero-order valence-electron chi connectivity index (χ0n) is 7.56. The van der Waals surface area contributed by atoms with Crippen LogP contribution in [0.5, 0.6) is 0 Å². The van der Waals surface area contributed by atoms with Gasteiger partial charge in [0.25, 0.3) is 0 Å². The zero-order chi connectivity index (χ0) is 9.84. The molecule has 0 heterocycles. The van der Waals surface area contributed by atoms with Crippen molar-refractivity contribution in [1.82, 2.24) is 0 Å². The van der Waals surface area contributed by atoms with Crippen LogP contribution in [0.25, 0.3) is 0 Å². The topological polar surface area (TPSA) is 26.0 Å². The van der Waals surface area contributed by atoms with E-state index in [0.29, 0.717) is 5.56 Å². The van der Waals surface area contributed by atoms with Crippen molar-refractivity contribution in [3.05, 3.63) is 35.1 Å². The molecule has 0 aliphatic heterocycles. The molecule has 0 aromatic heterocycles. The minimum Gasteiger partial charge on any atom is -0.324 e. The Balaban J connectivity index is 2.88. The molecule has 0 saturated carbocycles. The van der Waals surface area contributed by atoms with Crippen LogP contribution < -0.4 is 5.73 Å². The maximum Gasteiger partial charge on any atom is 0.128 e. The van der Waals surface area contributed by atoms with Gasteiger partial charge >= 0.3 is 0 Å². The third-order valence-electron chi connectivity index (χ3n) is 1.98. The van der Waals surface area contributed by atoms with Crippen molar-refractivity contribution in [1.29, 1.82) is 0 Å². The molecule has 0 aliphatic carbocycles. The second-order valence-corrected chi connectivity index (χ2v) is 3.11. The largest absolute Gasteiger partial charge is 0.324 e. The molecule has 1 rings (SSSR count). The Morgan fingerprint density at radius 1 is 1.46 bits per heavy atom. The van der Waals surface area contributed by atoms with Crippen molar-refractivity contribution >= 4 is 0 Å². The van der Waals surface area contributed by atoms with Gasteiger partial charge in [0, 0.05) is 11.6 Å². The van der Waals surface area contributed by atoms with Crippen LogP contribution in [0.3, 0.4) is 0 Å². The molecule has 1 atom stereocenters. The summed E-state index contributed by atoms with van der Waals surface area (Å²) in [5.74, 6) is -0.346. The SMILES string of the molecule is Cc1ccc([C@H](N)CCF)c(F)c1. The molecule has 0 radical (unpaired) electrons. The summed E-state index contributed by atoms with van der Waals surface area (Å²) in [6.45, 7) is 1.28. The van der Waals surface area contributed by atoms with E-state index >= 15 is 0 Å². The van der Waals surface area contributed by atoms with Crippen LogP contribution in [0.2, 0.25) is 0 Å². The molecule has 13 heavy (non-hydrogen) atoms. The highest BCUT2D eigenvalue weighted by molar-refractivity contribution is 5.25. The number of rotatable bonds is 3. The van der Waals surface area contributed by atoms with Gasteiger partial charge in [-0.1, -0.05) is 12.1 Å². The van der Waals surface area contributed by atoms with Crippen LogP contribution in [0.15, 0.2) is 18.2 Å².